The molecule has 0 radical (unpaired) electrons. The summed E-state index contributed by atoms with van der Waals surface area (Å²) < 4.78 is 41.9. The Bertz CT molecular complexity index is 798. The Kier molecular flexibility index (Phi) is 3.83. The van der Waals surface area contributed by atoms with Gasteiger partial charge in [-0.05, 0) is 42.7 Å². The average Bonchev–Trinajstić information content (AvgIpc) is 2.71. The van der Waals surface area contributed by atoms with E-state index in [9.17, 15) is 18.0 Å². The van der Waals surface area contributed by atoms with Gasteiger partial charge in [0, 0.05) is 12.0 Å². The van der Waals surface area contributed by atoms with E-state index in [4.69, 9.17) is 0 Å². The maximum Gasteiger partial charge on any atom is 0.409 e. The van der Waals surface area contributed by atoms with Crippen LogP contribution in [0.2, 0.25) is 0 Å². The van der Waals surface area contributed by atoms with E-state index in [2.05, 4.69) is 5.43 Å². The van der Waals surface area contributed by atoms with Gasteiger partial charge >= 0.3 is 6.18 Å². The normalized spacial score (nSPS) is 19.5. The third-order valence-electron chi connectivity index (χ3n) is 4.53. The van der Waals surface area contributed by atoms with Gasteiger partial charge in [0.1, 0.15) is 0 Å². The zero-order chi connectivity index (χ0) is 17.7. The van der Waals surface area contributed by atoms with Crippen LogP contribution in [0.4, 0.5) is 13.2 Å². The summed E-state index contributed by atoms with van der Waals surface area (Å²) in [4.78, 5) is 11.7. The molecule has 0 spiro atoms. The minimum Gasteiger partial charge on any atom is -0.287 e. The van der Waals surface area contributed by atoms with Crippen molar-refractivity contribution in [2.45, 2.75) is 44.9 Å². The number of hydrazine groups is 1. The molecule has 3 nitrogen and oxygen atoms in total. The molecule has 1 amide bonds. The molecule has 128 valence electrons. The van der Waals surface area contributed by atoms with Crippen molar-refractivity contribution in [1.82, 2.24) is 10.4 Å². The number of rotatable bonds is 2. The minimum atomic E-state index is -4.52. The number of carbonyl (C=O) groups excluding carboxylic acids is 1. The number of carbonyl (C=O) groups is 1. The second-order valence-corrected chi connectivity index (χ2v) is 6.86. The summed E-state index contributed by atoms with van der Waals surface area (Å²) in [5.74, 6) is -0.398. The van der Waals surface area contributed by atoms with Gasteiger partial charge in [0.15, 0.2) is 6.04 Å². The lowest BCUT2D eigenvalue weighted by atomic mass is 9.92. The van der Waals surface area contributed by atoms with Crippen molar-refractivity contribution in [3.8, 4) is 0 Å². The van der Waals surface area contributed by atoms with Crippen LogP contribution in [0.1, 0.15) is 37.4 Å². The summed E-state index contributed by atoms with van der Waals surface area (Å²) in [5, 5.41) is 2.39. The molecule has 1 heterocycles. The van der Waals surface area contributed by atoms with Crippen molar-refractivity contribution in [3.63, 3.8) is 0 Å². The van der Waals surface area contributed by atoms with Gasteiger partial charge in [0.25, 0.3) is 0 Å². The smallest absolute Gasteiger partial charge is 0.287 e. The van der Waals surface area contributed by atoms with Crippen LogP contribution < -0.4 is 5.43 Å². The Hall–Kier alpha value is -2.08. The molecule has 1 N–H and O–H groups in total. The number of aryl methyl sites for hydroxylation is 1. The molecule has 1 aliphatic heterocycles. The van der Waals surface area contributed by atoms with E-state index in [1.807, 2.05) is 19.1 Å². The Balaban J connectivity index is 2.22. The van der Waals surface area contributed by atoms with Gasteiger partial charge in [-0.2, -0.15) is 18.2 Å². The number of halogens is 3. The minimum absolute atomic E-state index is 0.0311. The average molecular weight is 336 g/mol. The lowest BCUT2D eigenvalue weighted by molar-refractivity contribution is -0.203. The Morgan fingerprint density at radius 2 is 1.75 bits per heavy atom. The van der Waals surface area contributed by atoms with Gasteiger partial charge < -0.3 is 0 Å². The van der Waals surface area contributed by atoms with Crippen LogP contribution >= 0.6 is 0 Å². The van der Waals surface area contributed by atoms with Crippen molar-refractivity contribution in [1.29, 1.82) is 0 Å². The van der Waals surface area contributed by atoms with Crippen LogP contribution in [0.5, 0.6) is 0 Å². The molecular formula is C18H19F3N2O. The largest absolute Gasteiger partial charge is 0.409 e. The Morgan fingerprint density at radius 1 is 1.12 bits per heavy atom. The van der Waals surface area contributed by atoms with E-state index in [1.54, 1.807) is 32.0 Å². The summed E-state index contributed by atoms with van der Waals surface area (Å²) in [5.41, 5.74) is 2.54. The molecule has 0 aliphatic carbocycles. The maximum absolute atomic E-state index is 14.0. The highest BCUT2D eigenvalue weighted by molar-refractivity contribution is 5.89. The van der Waals surface area contributed by atoms with Crippen molar-refractivity contribution in [2.24, 2.45) is 0 Å². The standard InChI is InChI=1S/C18H19F3N2O/c1-11-6-4-8-13-12(11)7-5-9-14(13)16(18(19,20)21)23-17(2,3)10-15(24)22-23/h4-9,16H,10H2,1-3H3,(H,22,24). The first-order chi connectivity index (χ1) is 11.1. The van der Waals surface area contributed by atoms with Gasteiger partial charge in [-0.15, -0.1) is 0 Å². The molecular weight excluding hydrogens is 317 g/mol. The highest BCUT2D eigenvalue weighted by Crippen LogP contribution is 2.44. The SMILES string of the molecule is Cc1cccc2c(C(N3NC(=O)CC3(C)C)C(F)(F)F)cccc12. The van der Waals surface area contributed by atoms with Crippen molar-refractivity contribution in [3.05, 3.63) is 47.5 Å². The zero-order valence-electron chi connectivity index (χ0n) is 13.7. The van der Waals surface area contributed by atoms with Crippen molar-refractivity contribution < 1.29 is 18.0 Å². The molecule has 1 aliphatic rings. The lowest BCUT2D eigenvalue weighted by Gasteiger charge is -2.38. The number of nitrogens with zero attached hydrogens (tertiary/aromatic N) is 1. The molecule has 1 unspecified atom stereocenters. The van der Waals surface area contributed by atoms with E-state index in [0.717, 1.165) is 16.0 Å². The van der Waals surface area contributed by atoms with Crippen LogP contribution in [-0.2, 0) is 4.79 Å². The number of benzene rings is 2. The van der Waals surface area contributed by atoms with Crippen LogP contribution in [0.15, 0.2) is 36.4 Å². The summed E-state index contributed by atoms with van der Waals surface area (Å²) in [6.07, 6.45) is -4.49. The van der Waals surface area contributed by atoms with Gasteiger partial charge in [0.2, 0.25) is 5.91 Å². The van der Waals surface area contributed by atoms with Gasteiger partial charge in [-0.25, -0.2) is 0 Å². The lowest BCUT2D eigenvalue weighted by Crippen LogP contribution is -2.51. The number of hydrogen-bond acceptors (Lipinski definition) is 2. The number of fused-ring (bicyclic) bond motifs is 1. The van der Waals surface area contributed by atoms with E-state index in [-0.39, 0.29) is 12.0 Å². The van der Waals surface area contributed by atoms with Gasteiger partial charge in [-0.1, -0.05) is 36.4 Å². The van der Waals surface area contributed by atoms with Crippen LogP contribution in [0.25, 0.3) is 10.8 Å². The summed E-state index contributed by atoms with van der Waals surface area (Å²) in [6.45, 7) is 5.15. The Morgan fingerprint density at radius 3 is 2.33 bits per heavy atom. The first kappa shape index (κ1) is 16.8. The Labute approximate surface area is 138 Å². The first-order valence-electron chi connectivity index (χ1n) is 7.75. The predicted molar refractivity (Wildman–Crippen MR) is 86.2 cm³/mol. The summed E-state index contributed by atoms with van der Waals surface area (Å²) in [6, 6.07) is 8.36. The van der Waals surface area contributed by atoms with E-state index in [0.29, 0.717) is 5.39 Å². The van der Waals surface area contributed by atoms with Crippen LogP contribution in [0, 0.1) is 6.92 Å². The topological polar surface area (TPSA) is 32.3 Å². The molecule has 0 saturated carbocycles. The van der Waals surface area contributed by atoms with Gasteiger partial charge in [-0.3, -0.25) is 10.2 Å². The fourth-order valence-corrected chi connectivity index (χ4v) is 3.41. The highest BCUT2D eigenvalue weighted by atomic mass is 19.4. The number of nitrogens with one attached hydrogen (secondary N) is 1. The summed E-state index contributed by atoms with van der Waals surface area (Å²) >= 11 is 0. The van der Waals surface area contributed by atoms with E-state index >= 15 is 0 Å². The number of alkyl halides is 3. The maximum atomic E-state index is 14.0. The third-order valence-corrected chi connectivity index (χ3v) is 4.53. The van der Waals surface area contributed by atoms with Crippen molar-refractivity contribution in [2.75, 3.05) is 0 Å². The van der Waals surface area contributed by atoms with Crippen LogP contribution in [-0.4, -0.2) is 22.6 Å². The highest BCUT2D eigenvalue weighted by Gasteiger charge is 2.53. The number of hydrogen-bond donors (Lipinski definition) is 1. The fraction of sp³-hybridized carbons (Fsp3) is 0.389. The quantitative estimate of drug-likeness (QED) is 0.888. The zero-order valence-corrected chi connectivity index (χ0v) is 13.7. The second kappa shape index (κ2) is 5.48. The predicted octanol–water partition coefficient (Wildman–Crippen LogP) is 4.27. The molecule has 2 aromatic rings. The van der Waals surface area contributed by atoms with Gasteiger partial charge in [0.05, 0.1) is 0 Å². The van der Waals surface area contributed by atoms with Crippen LogP contribution in [0.3, 0.4) is 0 Å². The summed E-state index contributed by atoms with van der Waals surface area (Å²) in [7, 11) is 0. The molecule has 1 saturated heterocycles. The molecule has 2 aromatic carbocycles. The third kappa shape index (κ3) is 2.75. The molecule has 3 rings (SSSR count). The van der Waals surface area contributed by atoms with E-state index in [1.165, 1.54) is 6.07 Å². The monoisotopic (exact) mass is 336 g/mol. The molecule has 6 heteroatoms. The van der Waals surface area contributed by atoms with Crippen molar-refractivity contribution >= 4 is 16.7 Å². The second-order valence-electron chi connectivity index (χ2n) is 6.86. The molecule has 0 aromatic heterocycles. The molecule has 1 atom stereocenters. The fourth-order valence-electron chi connectivity index (χ4n) is 3.41. The van der Waals surface area contributed by atoms with E-state index < -0.39 is 23.7 Å². The molecule has 24 heavy (non-hydrogen) atoms. The number of amides is 1. The molecule has 0 bridgehead atoms. The first-order valence-corrected chi connectivity index (χ1v) is 7.75. The molecule has 1 fully saturated rings.